The Hall–Kier alpha value is -1.35. The number of fused-ring (bicyclic) bond motifs is 1. The molecule has 1 atom stereocenters. The van der Waals surface area contributed by atoms with E-state index in [0.717, 1.165) is 24.9 Å². The molecule has 1 fully saturated rings. The van der Waals surface area contributed by atoms with Crippen LogP contribution in [0.25, 0.3) is 0 Å². The molecule has 2 aliphatic rings. The molecule has 1 aliphatic heterocycles. The Morgan fingerprint density at radius 1 is 1.05 bits per heavy atom. The Kier molecular flexibility index (Phi) is 4.59. The number of nitrogens with two attached hydrogens (primary N) is 1. The smallest absolute Gasteiger partial charge is 0.230 e. The molecule has 1 aromatic rings. The van der Waals surface area contributed by atoms with Gasteiger partial charge in [-0.3, -0.25) is 4.79 Å². The van der Waals surface area contributed by atoms with Crippen molar-refractivity contribution in [3.8, 4) is 0 Å². The number of nitrogens with zero attached hydrogens (tertiary/aromatic N) is 1. The maximum absolute atomic E-state index is 13.0. The summed E-state index contributed by atoms with van der Waals surface area (Å²) in [6.45, 7) is 0.673. The maximum Gasteiger partial charge on any atom is 0.230 e. The minimum Gasteiger partial charge on any atom is -0.326 e. The highest BCUT2D eigenvalue weighted by Crippen LogP contribution is 2.31. The van der Waals surface area contributed by atoms with E-state index in [1.807, 2.05) is 17.0 Å². The monoisotopic (exact) mass is 286 g/mol. The van der Waals surface area contributed by atoms with Crippen LogP contribution in [-0.4, -0.2) is 18.5 Å². The number of anilines is 1. The van der Waals surface area contributed by atoms with E-state index in [-0.39, 0.29) is 12.0 Å². The molecule has 0 radical (unpaired) electrons. The van der Waals surface area contributed by atoms with Crippen LogP contribution in [-0.2, 0) is 11.2 Å². The fourth-order valence-electron chi connectivity index (χ4n) is 3.76. The summed E-state index contributed by atoms with van der Waals surface area (Å²) in [4.78, 5) is 15.0. The third-order valence-corrected chi connectivity index (χ3v) is 4.90. The molecule has 1 aromatic carbocycles. The predicted molar refractivity (Wildman–Crippen MR) is 86.3 cm³/mol. The first-order chi connectivity index (χ1) is 10.3. The van der Waals surface area contributed by atoms with Crippen molar-refractivity contribution in [1.82, 2.24) is 0 Å². The van der Waals surface area contributed by atoms with Crippen LogP contribution >= 0.6 is 0 Å². The van der Waals surface area contributed by atoms with Crippen LogP contribution in [0.5, 0.6) is 0 Å². The molecule has 1 unspecified atom stereocenters. The molecule has 0 spiro atoms. The summed E-state index contributed by atoms with van der Waals surface area (Å²) in [6, 6.07) is 8.30. The number of hydrogen-bond acceptors (Lipinski definition) is 2. The minimum absolute atomic E-state index is 0.0670. The number of amides is 1. The first kappa shape index (κ1) is 14.6. The Bertz CT molecular complexity index is 492. The van der Waals surface area contributed by atoms with E-state index < -0.39 is 0 Å². The highest BCUT2D eigenvalue weighted by molar-refractivity contribution is 5.96. The molecule has 3 heteroatoms. The molecule has 1 amide bonds. The van der Waals surface area contributed by atoms with E-state index in [2.05, 4.69) is 12.1 Å². The molecule has 0 bridgehead atoms. The van der Waals surface area contributed by atoms with Crippen molar-refractivity contribution in [3.63, 3.8) is 0 Å². The van der Waals surface area contributed by atoms with Gasteiger partial charge in [-0.25, -0.2) is 0 Å². The zero-order valence-corrected chi connectivity index (χ0v) is 12.8. The first-order valence-corrected chi connectivity index (χ1v) is 8.40. The summed E-state index contributed by atoms with van der Waals surface area (Å²) in [6.07, 6.45) is 9.25. The Morgan fingerprint density at radius 3 is 2.48 bits per heavy atom. The second-order valence-corrected chi connectivity index (χ2v) is 6.58. The van der Waals surface area contributed by atoms with Gasteiger partial charge in [-0.1, -0.05) is 50.3 Å². The quantitative estimate of drug-likeness (QED) is 0.861. The summed E-state index contributed by atoms with van der Waals surface area (Å²) in [5.74, 6) is 0.503. The van der Waals surface area contributed by atoms with Gasteiger partial charge >= 0.3 is 0 Å². The normalized spacial score (nSPS) is 24.0. The zero-order chi connectivity index (χ0) is 14.7. The molecule has 1 heterocycles. The van der Waals surface area contributed by atoms with E-state index in [4.69, 9.17) is 5.73 Å². The lowest BCUT2D eigenvalue weighted by Gasteiger charge is -2.35. The largest absolute Gasteiger partial charge is 0.326 e. The minimum atomic E-state index is 0.0670. The molecule has 0 saturated heterocycles. The van der Waals surface area contributed by atoms with Crippen molar-refractivity contribution in [2.45, 2.75) is 57.4 Å². The van der Waals surface area contributed by atoms with Crippen molar-refractivity contribution >= 4 is 11.6 Å². The SMILES string of the molecule is NC1Cc2ccccc2N(C(=O)C2CCCCCCC2)C1. The van der Waals surface area contributed by atoms with Crippen LogP contribution in [0.3, 0.4) is 0 Å². The van der Waals surface area contributed by atoms with Crippen LogP contribution in [0.1, 0.15) is 50.5 Å². The topological polar surface area (TPSA) is 46.3 Å². The van der Waals surface area contributed by atoms with Crippen LogP contribution in [0, 0.1) is 5.92 Å². The highest BCUT2D eigenvalue weighted by atomic mass is 16.2. The number of hydrogen-bond donors (Lipinski definition) is 1. The first-order valence-electron chi connectivity index (χ1n) is 8.40. The van der Waals surface area contributed by atoms with Gasteiger partial charge in [-0.2, -0.15) is 0 Å². The highest BCUT2D eigenvalue weighted by Gasteiger charge is 2.30. The van der Waals surface area contributed by atoms with Gasteiger partial charge in [0.25, 0.3) is 0 Å². The van der Waals surface area contributed by atoms with Crippen LogP contribution in [0.15, 0.2) is 24.3 Å². The number of carbonyl (C=O) groups is 1. The summed E-state index contributed by atoms with van der Waals surface area (Å²) < 4.78 is 0. The predicted octanol–water partition coefficient (Wildman–Crippen LogP) is 3.26. The van der Waals surface area contributed by atoms with Gasteiger partial charge in [-0.15, -0.1) is 0 Å². The van der Waals surface area contributed by atoms with Gasteiger partial charge in [0, 0.05) is 24.2 Å². The average molecular weight is 286 g/mol. The van der Waals surface area contributed by atoms with Crippen LogP contribution < -0.4 is 10.6 Å². The van der Waals surface area contributed by atoms with Gasteiger partial charge in [0.15, 0.2) is 0 Å². The van der Waals surface area contributed by atoms with E-state index in [1.165, 1.54) is 37.7 Å². The molecular formula is C18H26N2O. The van der Waals surface area contributed by atoms with Gasteiger partial charge in [0.05, 0.1) is 0 Å². The fourth-order valence-corrected chi connectivity index (χ4v) is 3.76. The molecule has 3 nitrogen and oxygen atoms in total. The Morgan fingerprint density at radius 2 is 1.71 bits per heavy atom. The molecule has 2 N–H and O–H groups in total. The standard InChI is InChI=1S/C18H26N2O/c19-16-12-15-10-6-7-11-17(15)20(13-16)18(21)14-8-4-2-1-3-5-9-14/h6-7,10-11,14,16H,1-5,8-9,12-13,19H2. The van der Waals surface area contributed by atoms with Crippen molar-refractivity contribution < 1.29 is 4.79 Å². The van der Waals surface area contributed by atoms with Crippen molar-refractivity contribution in [1.29, 1.82) is 0 Å². The lowest BCUT2D eigenvalue weighted by Crippen LogP contribution is -2.48. The van der Waals surface area contributed by atoms with E-state index in [9.17, 15) is 4.79 Å². The number of carbonyl (C=O) groups excluding carboxylic acids is 1. The van der Waals surface area contributed by atoms with Gasteiger partial charge in [0.2, 0.25) is 5.91 Å². The van der Waals surface area contributed by atoms with E-state index in [1.54, 1.807) is 0 Å². The molecule has 1 saturated carbocycles. The van der Waals surface area contributed by atoms with Crippen molar-refractivity contribution in [3.05, 3.63) is 29.8 Å². The summed E-state index contributed by atoms with van der Waals surface area (Å²) >= 11 is 0. The summed E-state index contributed by atoms with van der Waals surface area (Å²) in [5.41, 5.74) is 8.48. The molecule has 1 aliphatic carbocycles. The molecule has 21 heavy (non-hydrogen) atoms. The molecule has 0 aromatic heterocycles. The maximum atomic E-state index is 13.0. The van der Waals surface area contributed by atoms with Gasteiger partial charge in [0.1, 0.15) is 0 Å². The fraction of sp³-hybridized carbons (Fsp3) is 0.611. The van der Waals surface area contributed by atoms with E-state index in [0.29, 0.717) is 12.5 Å². The summed E-state index contributed by atoms with van der Waals surface area (Å²) in [5, 5.41) is 0. The van der Waals surface area contributed by atoms with E-state index >= 15 is 0 Å². The number of benzene rings is 1. The lowest BCUT2D eigenvalue weighted by molar-refractivity contribution is -0.123. The molecule has 3 rings (SSSR count). The second kappa shape index (κ2) is 6.61. The number of rotatable bonds is 1. The van der Waals surface area contributed by atoms with Crippen molar-refractivity contribution in [2.75, 3.05) is 11.4 Å². The van der Waals surface area contributed by atoms with Crippen LogP contribution in [0.4, 0.5) is 5.69 Å². The zero-order valence-electron chi connectivity index (χ0n) is 12.8. The van der Waals surface area contributed by atoms with Gasteiger partial charge in [-0.05, 0) is 30.9 Å². The lowest BCUT2D eigenvalue weighted by atomic mass is 9.89. The van der Waals surface area contributed by atoms with Crippen LogP contribution in [0.2, 0.25) is 0 Å². The third-order valence-electron chi connectivity index (χ3n) is 4.90. The average Bonchev–Trinajstić information content (AvgIpc) is 2.45. The number of para-hydroxylation sites is 1. The molecule has 114 valence electrons. The Labute approximate surface area is 127 Å². The second-order valence-electron chi connectivity index (χ2n) is 6.58. The summed E-state index contributed by atoms with van der Waals surface area (Å²) in [7, 11) is 0. The van der Waals surface area contributed by atoms with Gasteiger partial charge < -0.3 is 10.6 Å². The van der Waals surface area contributed by atoms with Crippen molar-refractivity contribution in [2.24, 2.45) is 11.7 Å². The third kappa shape index (κ3) is 3.29. The molecular weight excluding hydrogens is 260 g/mol. The Balaban J connectivity index is 1.80.